The molecular formula is C12H24O8. The van der Waals surface area contributed by atoms with Gasteiger partial charge in [0.1, 0.15) is 0 Å². The number of hydrogen-bond acceptors (Lipinski definition) is 8. The third-order valence-electron chi connectivity index (χ3n) is 2.50. The van der Waals surface area contributed by atoms with Gasteiger partial charge in [-0.15, -0.1) is 0 Å². The van der Waals surface area contributed by atoms with E-state index in [0.29, 0.717) is 6.42 Å². The predicted octanol–water partition coefficient (Wildman–Crippen LogP) is -1.90. The second-order valence-corrected chi connectivity index (χ2v) is 4.46. The maximum absolute atomic E-state index is 10.5. The van der Waals surface area contributed by atoms with Gasteiger partial charge in [-0.3, -0.25) is 0 Å². The monoisotopic (exact) mass is 296 g/mol. The zero-order valence-electron chi connectivity index (χ0n) is 11.7. The summed E-state index contributed by atoms with van der Waals surface area (Å²) in [5, 5.41) is 50.7. The van der Waals surface area contributed by atoms with Crippen LogP contribution in [0.2, 0.25) is 0 Å². The summed E-state index contributed by atoms with van der Waals surface area (Å²) in [6, 6.07) is 0. The van der Waals surface area contributed by atoms with Gasteiger partial charge in [-0.2, -0.15) is 0 Å². The van der Waals surface area contributed by atoms with Gasteiger partial charge in [-0.1, -0.05) is 13.5 Å². The van der Waals surface area contributed by atoms with Crippen LogP contribution in [-0.4, -0.2) is 69.0 Å². The molecule has 6 N–H and O–H groups in total. The molecular weight excluding hydrogens is 272 g/mol. The normalized spacial score (nSPS) is 11.4. The van der Waals surface area contributed by atoms with Crippen LogP contribution in [0, 0.1) is 5.41 Å². The van der Waals surface area contributed by atoms with Crippen molar-refractivity contribution in [2.24, 2.45) is 5.41 Å². The van der Waals surface area contributed by atoms with Crippen LogP contribution in [0.25, 0.3) is 0 Å². The Morgan fingerprint density at radius 2 is 1.50 bits per heavy atom. The van der Waals surface area contributed by atoms with Crippen LogP contribution in [0.15, 0.2) is 12.2 Å². The van der Waals surface area contributed by atoms with Crippen molar-refractivity contribution in [2.75, 3.05) is 26.4 Å². The van der Waals surface area contributed by atoms with Crippen LogP contribution in [0.1, 0.15) is 20.3 Å². The zero-order valence-corrected chi connectivity index (χ0v) is 11.7. The molecule has 0 heterocycles. The number of hydrogen-bond donors (Lipinski definition) is 6. The van der Waals surface area contributed by atoms with Crippen LogP contribution in [-0.2, 0) is 9.53 Å². The van der Waals surface area contributed by atoms with Crippen molar-refractivity contribution in [3.63, 3.8) is 0 Å². The van der Waals surface area contributed by atoms with Crippen molar-refractivity contribution in [3.05, 3.63) is 12.2 Å². The molecule has 8 heteroatoms. The third kappa shape index (κ3) is 9.84. The first-order valence-corrected chi connectivity index (χ1v) is 5.89. The molecule has 0 aliphatic rings. The van der Waals surface area contributed by atoms with E-state index in [4.69, 9.17) is 30.6 Å². The minimum atomic E-state index is -2.97. The molecule has 0 aliphatic heterocycles. The third-order valence-corrected chi connectivity index (χ3v) is 2.50. The number of esters is 1. The Balaban J connectivity index is 0. The van der Waals surface area contributed by atoms with Crippen molar-refractivity contribution >= 4 is 5.97 Å². The summed E-state index contributed by atoms with van der Waals surface area (Å²) >= 11 is 0. The Hall–Kier alpha value is -1.03. The Morgan fingerprint density at radius 1 is 1.10 bits per heavy atom. The fourth-order valence-electron chi connectivity index (χ4n) is 0.771. The number of rotatable bonds is 7. The molecule has 0 bridgehead atoms. The average Bonchev–Trinajstić information content (AvgIpc) is 2.39. The van der Waals surface area contributed by atoms with E-state index in [2.05, 4.69) is 11.3 Å². The van der Waals surface area contributed by atoms with Crippen LogP contribution < -0.4 is 0 Å². The zero-order chi connectivity index (χ0) is 16.4. The van der Waals surface area contributed by atoms with Gasteiger partial charge in [0.2, 0.25) is 0 Å². The fraction of sp³-hybridized carbons (Fsp3) is 0.750. The van der Waals surface area contributed by atoms with E-state index in [0.717, 1.165) is 0 Å². The van der Waals surface area contributed by atoms with Gasteiger partial charge in [0.15, 0.2) is 6.61 Å². The highest BCUT2D eigenvalue weighted by Gasteiger charge is 2.24. The minimum Gasteiger partial charge on any atom is -0.454 e. The lowest BCUT2D eigenvalue weighted by Gasteiger charge is -2.24. The molecule has 0 aromatic rings. The SMILES string of the molecule is C=C(C)C(=O)OCC(O)(O)O.CCC(CO)(CO)CO. The van der Waals surface area contributed by atoms with E-state index in [9.17, 15) is 4.79 Å². The van der Waals surface area contributed by atoms with Crippen LogP contribution >= 0.6 is 0 Å². The minimum absolute atomic E-state index is 0.120. The quantitative estimate of drug-likeness (QED) is 0.181. The smallest absolute Gasteiger partial charge is 0.333 e. The number of carbonyl (C=O) groups excluding carboxylic acids is 1. The average molecular weight is 296 g/mol. The molecule has 0 aromatic carbocycles. The second-order valence-electron chi connectivity index (χ2n) is 4.46. The lowest BCUT2D eigenvalue weighted by atomic mass is 9.88. The van der Waals surface area contributed by atoms with Crippen molar-refractivity contribution in [1.82, 2.24) is 0 Å². The van der Waals surface area contributed by atoms with E-state index in [1.165, 1.54) is 6.92 Å². The van der Waals surface area contributed by atoms with E-state index >= 15 is 0 Å². The fourth-order valence-corrected chi connectivity index (χ4v) is 0.771. The van der Waals surface area contributed by atoms with Gasteiger partial charge in [0.25, 0.3) is 0 Å². The molecule has 0 aliphatic carbocycles. The Kier molecular flexibility index (Phi) is 10.4. The van der Waals surface area contributed by atoms with E-state index < -0.39 is 24.0 Å². The molecule has 0 atom stereocenters. The molecule has 0 spiro atoms. The summed E-state index contributed by atoms with van der Waals surface area (Å²) < 4.78 is 4.18. The lowest BCUT2D eigenvalue weighted by Crippen LogP contribution is -2.34. The lowest BCUT2D eigenvalue weighted by molar-refractivity contribution is -0.327. The molecule has 120 valence electrons. The number of ether oxygens (including phenoxy) is 1. The Morgan fingerprint density at radius 3 is 1.65 bits per heavy atom. The van der Waals surface area contributed by atoms with Gasteiger partial charge in [0.05, 0.1) is 19.8 Å². The molecule has 0 saturated heterocycles. The summed E-state index contributed by atoms with van der Waals surface area (Å²) in [7, 11) is 0. The van der Waals surface area contributed by atoms with E-state index in [1.54, 1.807) is 0 Å². The molecule has 0 fully saturated rings. The molecule has 0 rings (SSSR count). The van der Waals surface area contributed by atoms with Crippen molar-refractivity contribution < 1.29 is 40.2 Å². The second kappa shape index (κ2) is 9.81. The van der Waals surface area contributed by atoms with Gasteiger partial charge < -0.3 is 35.4 Å². The van der Waals surface area contributed by atoms with E-state index in [-0.39, 0.29) is 25.4 Å². The van der Waals surface area contributed by atoms with Crippen LogP contribution in [0.5, 0.6) is 0 Å². The highest BCUT2D eigenvalue weighted by molar-refractivity contribution is 5.86. The first-order valence-electron chi connectivity index (χ1n) is 5.89. The van der Waals surface area contributed by atoms with Gasteiger partial charge in [-0.25, -0.2) is 4.79 Å². The molecule has 0 amide bonds. The highest BCUT2D eigenvalue weighted by Crippen LogP contribution is 2.18. The van der Waals surface area contributed by atoms with Crippen LogP contribution in [0.3, 0.4) is 0 Å². The summed E-state index contributed by atoms with van der Waals surface area (Å²) in [5.41, 5.74) is -0.547. The first-order chi connectivity index (χ1) is 9.07. The topological polar surface area (TPSA) is 148 Å². The largest absolute Gasteiger partial charge is 0.454 e. The molecule has 0 radical (unpaired) electrons. The summed E-state index contributed by atoms with van der Waals surface area (Å²) in [4.78, 5) is 10.5. The van der Waals surface area contributed by atoms with Crippen molar-refractivity contribution in [1.29, 1.82) is 0 Å². The van der Waals surface area contributed by atoms with Gasteiger partial charge in [-0.05, 0) is 13.3 Å². The Labute approximate surface area is 117 Å². The van der Waals surface area contributed by atoms with E-state index in [1.807, 2.05) is 6.92 Å². The van der Waals surface area contributed by atoms with Gasteiger partial charge >= 0.3 is 11.9 Å². The summed E-state index contributed by atoms with van der Waals surface area (Å²) in [6.45, 7) is 5.10. The molecule has 8 nitrogen and oxygen atoms in total. The standard InChI is InChI=1S/C6H10O5.C6H14O3/c1-4(2)5(7)11-3-6(8,9)10;1-2-6(3-7,4-8)5-9/h8-10H,1,3H2,2H3;7-9H,2-5H2,1H3. The summed E-state index contributed by atoms with van der Waals surface area (Å²) in [6.07, 6.45) is 0.594. The molecule has 0 unspecified atom stereocenters. The van der Waals surface area contributed by atoms with Gasteiger partial charge in [0, 0.05) is 11.0 Å². The van der Waals surface area contributed by atoms with Crippen molar-refractivity contribution in [2.45, 2.75) is 26.2 Å². The van der Waals surface area contributed by atoms with Crippen LogP contribution in [0.4, 0.5) is 0 Å². The maximum Gasteiger partial charge on any atom is 0.333 e. The predicted molar refractivity (Wildman–Crippen MR) is 69.1 cm³/mol. The molecule has 20 heavy (non-hydrogen) atoms. The molecule has 0 saturated carbocycles. The first kappa shape index (κ1) is 21.3. The summed E-state index contributed by atoms with van der Waals surface area (Å²) in [5.74, 6) is -3.75. The number of aliphatic hydroxyl groups excluding tert-OH is 3. The highest BCUT2D eigenvalue weighted by atomic mass is 16.7. The molecule has 0 aromatic heterocycles. The number of carbonyl (C=O) groups is 1. The number of aliphatic hydroxyl groups is 6. The maximum atomic E-state index is 10.5. The Bertz CT molecular complexity index is 273. The van der Waals surface area contributed by atoms with Crippen molar-refractivity contribution in [3.8, 4) is 0 Å².